The zero-order valence-corrected chi connectivity index (χ0v) is 31.4. The van der Waals surface area contributed by atoms with Gasteiger partial charge in [-0.05, 0) is 68.6 Å². The molecule has 0 saturated carbocycles. The molecule has 0 aliphatic carbocycles. The number of carbonyl (C=O) groups excluding carboxylic acids is 2. The lowest BCUT2D eigenvalue weighted by Crippen LogP contribution is -2.34. The number of unbranched alkanes of at least 4 members (excludes halogenated alkanes) is 1. The molecule has 0 saturated heterocycles. The number of pyridine rings is 2. The molecule has 1 aliphatic rings. The number of alkyl halides is 3. The van der Waals surface area contributed by atoms with Gasteiger partial charge in [-0.25, -0.2) is 9.98 Å². The summed E-state index contributed by atoms with van der Waals surface area (Å²) in [5.41, 5.74) is 8.79. The van der Waals surface area contributed by atoms with Gasteiger partial charge in [-0.3, -0.25) is 9.78 Å². The second-order valence-electron chi connectivity index (χ2n) is 12.8. The summed E-state index contributed by atoms with van der Waals surface area (Å²) in [4.78, 5) is 37.7. The number of ketones is 1. The molecule has 0 spiro atoms. The highest BCUT2D eigenvalue weighted by Gasteiger charge is 2.32. The van der Waals surface area contributed by atoms with Crippen LogP contribution in [0.2, 0.25) is 0 Å². The van der Waals surface area contributed by atoms with E-state index in [2.05, 4.69) is 61.5 Å². The number of rotatable bonds is 16. The van der Waals surface area contributed by atoms with Gasteiger partial charge in [-0.2, -0.15) is 13.2 Å². The molecule has 0 radical (unpaired) electrons. The van der Waals surface area contributed by atoms with Crippen molar-refractivity contribution in [2.75, 3.05) is 11.9 Å². The van der Waals surface area contributed by atoms with E-state index in [9.17, 15) is 22.8 Å². The molecule has 3 rings (SSSR count). The van der Waals surface area contributed by atoms with Crippen molar-refractivity contribution in [3.63, 3.8) is 0 Å². The van der Waals surface area contributed by atoms with E-state index in [-0.39, 0.29) is 29.1 Å². The van der Waals surface area contributed by atoms with E-state index in [1.165, 1.54) is 6.07 Å². The average Bonchev–Trinajstić information content (AvgIpc) is 3.10. The van der Waals surface area contributed by atoms with Crippen LogP contribution in [0.5, 0.6) is 5.75 Å². The molecule has 3 N–H and O–H groups in total. The summed E-state index contributed by atoms with van der Waals surface area (Å²) in [6.07, 6.45) is 8.20. The van der Waals surface area contributed by atoms with E-state index < -0.39 is 17.6 Å². The lowest BCUT2D eigenvalue weighted by atomic mass is 9.86. The van der Waals surface area contributed by atoms with Gasteiger partial charge < -0.3 is 25.5 Å². The Morgan fingerprint density at radius 3 is 2.33 bits per heavy atom. The molecule has 2 aromatic heterocycles. The Hall–Kier alpha value is -4.48. The molecular weight excluding hydrogens is 657 g/mol. The predicted molar refractivity (Wildman–Crippen MR) is 199 cm³/mol. The fraction of sp³-hybridized carbons (Fsp3) is 0.513. The molecule has 3 atom stereocenters. The number of anilines is 1. The number of amides is 1. The van der Waals surface area contributed by atoms with Crippen LogP contribution in [-0.4, -0.2) is 39.0 Å². The number of nitrogens with two attached hydrogens (primary N) is 1. The smallest absolute Gasteiger partial charge is 0.416 e. The van der Waals surface area contributed by atoms with Crippen molar-refractivity contribution in [1.29, 1.82) is 0 Å². The van der Waals surface area contributed by atoms with E-state index >= 15 is 0 Å². The standard InChI is InChI=1S/C35H47F3N6O2.C4H8O/c1-8-12-13-25(18-22(5)9-2)24(7)44-17-16-41-33(39)32(44)31(23(6)10-3)27-21-42-28(20-29(27)46-11-4)34(45)43-30-19-26(14-15-40-30)35(36,37)38;1-3-4(2)5/h14-17,19-23,25H,7-13,18H2,1-6H3,(H2,39,41)(H,40,43,45);3H2,1-2H3/b32-31+;. The summed E-state index contributed by atoms with van der Waals surface area (Å²) in [7, 11) is 0. The molecular formula is C39H55F3N6O3. The number of halogens is 3. The first-order chi connectivity index (χ1) is 24.1. The molecule has 280 valence electrons. The van der Waals surface area contributed by atoms with E-state index in [0.29, 0.717) is 41.8 Å². The number of hydrogen-bond donors (Lipinski definition) is 2. The summed E-state index contributed by atoms with van der Waals surface area (Å²) in [5.74, 6) is 0.742. The highest BCUT2D eigenvalue weighted by atomic mass is 19.4. The van der Waals surface area contributed by atoms with Crippen LogP contribution in [0.1, 0.15) is 122 Å². The van der Waals surface area contributed by atoms with Crippen LogP contribution >= 0.6 is 0 Å². The topological polar surface area (TPSA) is 123 Å². The van der Waals surface area contributed by atoms with Gasteiger partial charge >= 0.3 is 6.18 Å². The van der Waals surface area contributed by atoms with Crippen molar-refractivity contribution in [3.8, 4) is 5.75 Å². The predicted octanol–water partition coefficient (Wildman–Crippen LogP) is 9.79. The summed E-state index contributed by atoms with van der Waals surface area (Å²) in [5, 5.41) is 2.42. The SMILES string of the molecule is C=C(C(CCCC)CC(C)CC)N1C=CN=C(N)/C1=C(\c1cnc(C(=O)Nc2cc(C(F)(F)F)ccn2)cc1OCC)C(C)CC.CCC(C)=O. The number of Topliss-reactive ketones (excluding diaryl/α,β-unsaturated/α-hetero) is 1. The molecule has 9 nitrogen and oxygen atoms in total. The van der Waals surface area contributed by atoms with Crippen molar-refractivity contribution in [1.82, 2.24) is 14.9 Å². The fourth-order valence-corrected chi connectivity index (χ4v) is 5.39. The van der Waals surface area contributed by atoms with Gasteiger partial charge in [0.25, 0.3) is 5.91 Å². The maximum absolute atomic E-state index is 13.2. The second-order valence-corrected chi connectivity index (χ2v) is 12.8. The number of aliphatic imine (C=N–C) groups is 1. The number of nitrogens with zero attached hydrogens (tertiary/aromatic N) is 4. The van der Waals surface area contributed by atoms with Crippen molar-refractivity contribution < 1.29 is 27.5 Å². The molecule has 0 fully saturated rings. The number of amidine groups is 1. The lowest BCUT2D eigenvalue weighted by Gasteiger charge is -2.36. The fourth-order valence-electron chi connectivity index (χ4n) is 5.39. The minimum atomic E-state index is -4.58. The largest absolute Gasteiger partial charge is 0.493 e. The lowest BCUT2D eigenvalue weighted by molar-refractivity contribution is -0.137. The monoisotopic (exact) mass is 712 g/mol. The van der Waals surface area contributed by atoms with Gasteiger partial charge in [0.1, 0.15) is 28.9 Å². The van der Waals surface area contributed by atoms with Gasteiger partial charge in [-0.1, -0.05) is 67.4 Å². The van der Waals surface area contributed by atoms with Crippen LogP contribution in [-0.2, 0) is 11.0 Å². The third-order valence-electron chi connectivity index (χ3n) is 8.86. The van der Waals surface area contributed by atoms with Crippen LogP contribution in [0.15, 0.2) is 66.0 Å². The first-order valence-electron chi connectivity index (χ1n) is 17.8. The average molecular weight is 713 g/mol. The van der Waals surface area contributed by atoms with Crippen LogP contribution in [0.3, 0.4) is 0 Å². The highest BCUT2D eigenvalue weighted by molar-refractivity contribution is 6.06. The maximum Gasteiger partial charge on any atom is 0.416 e. The number of allylic oxidation sites excluding steroid dienone is 2. The molecule has 0 aromatic carbocycles. The van der Waals surface area contributed by atoms with Crippen LogP contribution in [0.25, 0.3) is 5.57 Å². The van der Waals surface area contributed by atoms with Gasteiger partial charge in [0, 0.05) is 48.5 Å². The minimum Gasteiger partial charge on any atom is -0.493 e. The minimum absolute atomic E-state index is 0.0239. The van der Waals surface area contributed by atoms with Crippen molar-refractivity contribution >= 4 is 28.9 Å². The molecule has 3 unspecified atom stereocenters. The number of hydrogen-bond acceptors (Lipinski definition) is 8. The Kier molecular flexibility index (Phi) is 17.1. The van der Waals surface area contributed by atoms with E-state index in [1.54, 1.807) is 19.3 Å². The second kappa shape index (κ2) is 20.4. The molecule has 2 aromatic rings. The zero-order valence-electron chi connectivity index (χ0n) is 31.4. The molecule has 0 bridgehead atoms. The third kappa shape index (κ3) is 12.4. The first kappa shape index (κ1) is 42.7. The van der Waals surface area contributed by atoms with E-state index in [0.717, 1.165) is 68.1 Å². The number of aromatic nitrogens is 2. The maximum atomic E-state index is 13.2. The Bertz CT molecular complexity index is 1580. The summed E-state index contributed by atoms with van der Waals surface area (Å²) < 4.78 is 45.7. The first-order valence-corrected chi connectivity index (χ1v) is 17.8. The number of ether oxygens (including phenoxy) is 1. The Morgan fingerprint density at radius 1 is 1.08 bits per heavy atom. The van der Waals surface area contributed by atoms with Gasteiger partial charge in [0.15, 0.2) is 0 Å². The zero-order chi connectivity index (χ0) is 38.3. The molecule has 1 amide bonds. The van der Waals surface area contributed by atoms with Crippen LogP contribution in [0, 0.1) is 17.8 Å². The van der Waals surface area contributed by atoms with Crippen molar-refractivity contribution in [3.05, 3.63) is 77.8 Å². The molecule has 12 heteroatoms. The van der Waals surface area contributed by atoms with Crippen molar-refractivity contribution in [2.45, 2.75) is 107 Å². The quantitative estimate of drug-likeness (QED) is 0.178. The number of nitrogens with one attached hydrogen (secondary N) is 1. The summed E-state index contributed by atoms with van der Waals surface area (Å²) in [6.45, 7) is 20.9. The van der Waals surface area contributed by atoms with Crippen LogP contribution in [0.4, 0.5) is 19.0 Å². The molecule has 1 aliphatic heterocycles. The number of carbonyl (C=O) groups is 2. The molecule has 3 heterocycles. The Labute approximate surface area is 301 Å². The molecule has 51 heavy (non-hydrogen) atoms. The Morgan fingerprint density at radius 2 is 1.76 bits per heavy atom. The summed E-state index contributed by atoms with van der Waals surface area (Å²) >= 11 is 0. The van der Waals surface area contributed by atoms with Crippen molar-refractivity contribution in [2.24, 2.45) is 28.5 Å². The van der Waals surface area contributed by atoms with E-state index in [1.807, 2.05) is 24.9 Å². The normalized spacial score (nSPS) is 15.5. The van der Waals surface area contributed by atoms with Gasteiger partial charge in [0.05, 0.1) is 17.9 Å². The third-order valence-corrected chi connectivity index (χ3v) is 8.86. The van der Waals surface area contributed by atoms with E-state index in [4.69, 9.17) is 10.5 Å². The van der Waals surface area contributed by atoms with Crippen LogP contribution < -0.4 is 15.8 Å². The van der Waals surface area contributed by atoms with Gasteiger partial charge in [-0.15, -0.1) is 0 Å². The summed E-state index contributed by atoms with van der Waals surface area (Å²) in [6, 6.07) is 3.10. The highest BCUT2D eigenvalue weighted by Crippen LogP contribution is 2.40. The van der Waals surface area contributed by atoms with Gasteiger partial charge in [0.2, 0.25) is 0 Å². The Balaban J connectivity index is 0.00000168.